The number of hydrogen-bond acceptors (Lipinski definition) is 1. The Bertz CT molecular complexity index is 744. The fourth-order valence-corrected chi connectivity index (χ4v) is 2.90. The average molecular weight is 357 g/mol. The van der Waals surface area contributed by atoms with Gasteiger partial charge >= 0.3 is 0 Å². The molecule has 1 heterocycles. The molecule has 0 saturated heterocycles. The van der Waals surface area contributed by atoms with Crippen molar-refractivity contribution in [3.63, 3.8) is 0 Å². The summed E-state index contributed by atoms with van der Waals surface area (Å²) in [5, 5.41) is 0. The summed E-state index contributed by atoms with van der Waals surface area (Å²) >= 11 is 0. The summed E-state index contributed by atoms with van der Waals surface area (Å²) in [6, 6.07) is 3.65. The number of benzene rings is 1. The molecule has 140 valence electrons. The highest BCUT2D eigenvalue weighted by atomic mass is 19.1. The largest absolute Gasteiger partial charge is 0.285 e. The van der Waals surface area contributed by atoms with Crippen molar-refractivity contribution in [2.24, 2.45) is 4.99 Å². The van der Waals surface area contributed by atoms with E-state index in [1.807, 2.05) is 26.8 Å². The Balaban J connectivity index is 0.00000163. The normalized spacial score (nSPS) is 14.8. The van der Waals surface area contributed by atoms with Gasteiger partial charge in [0.25, 0.3) is 0 Å². The molecule has 0 aromatic heterocycles. The maximum Gasteiger partial charge on any atom is 0.126 e. The molecule has 1 aromatic rings. The van der Waals surface area contributed by atoms with Crippen LogP contribution in [0.25, 0.3) is 0 Å². The van der Waals surface area contributed by atoms with E-state index in [2.05, 4.69) is 37.6 Å². The molecular weight excluding hydrogens is 328 g/mol. The third kappa shape index (κ3) is 5.62. The van der Waals surface area contributed by atoms with Gasteiger partial charge in [0.05, 0.1) is 6.54 Å². The summed E-state index contributed by atoms with van der Waals surface area (Å²) in [4.78, 5) is 4.69. The van der Waals surface area contributed by atoms with Gasteiger partial charge in [0, 0.05) is 17.4 Å². The Morgan fingerprint density at radius 2 is 1.77 bits per heavy atom. The molecule has 0 amide bonds. The molecule has 0 atom stereocenters. The summed E-state index contributed by atoms with van der Waals surface area (Å²) in [6.07, 6.45) is 7.15. The molecule has 1 aliphatic heterocycles. The number of halogens is 2. The molecule has 1 aromatic carbocycles. The summed E-state index contributed by atoms with van der Waals surface area (Å²) < 4.78 is 26.8. The molecule has 0 unspecified atom stereocenters. The lowest BCUT2D eigenvalue weighted by molar-refractivity contribution is 0.579. The Hall–Kier alpha value is -2.29. The first kappa shape index (κ1) is 21.8. The van der Waals surface area contributed by atoms with Gasteiger partial charge < -0.3 is 0 Å². The second-order valence-electron chi connectivity index (χ2n) is 5.92. The van der Waals surface area contributed by atoms with Gasteiger partial charge in [-0.3, -0.25) is 4.99 Å². The Kier molecular flexibility index (Phi) is 8.91. The number of rotatable bonds is 5. The van der Waals surface area contributed by atoms with Crippen molar-refractivity contribution >= 4 is 5.71 Å². The topological polar surface area (TPSA) is 12.4 Å². The van der Waals surface area contributed by atoms with Crippen LogP contribution in [0.2, 0.25) is 0 Å². The second-order valence-corrected chi connectivity index (χ2v) is 5.92. The fourth-order valence-electron chi connectivity index (χ4n) is 2.90. The van der Waals surface area contributed by atoms with E-state index < -0.39 is 11.6 Å². The first-order valence-electron chi connectivity index (χ1n) is 9.12. The van der Waals surface area contributed by atoms with E-state index in [1.165, 1.54) is 12.1 Å². The van der Waals surface area contributed by atoms with Crippen LogP contribution in [0.5, 0.6) is 0 Å². The van der Waals surface area contributed by atoms with Crippen LogP contribution in [0.4, 0.5) is 8.78 Å². The van der Waals surface area contributed by atoms with Gasteiger partial charge in [0.2, 0.25) is 0 Å². The number of aliphatic imine (C=N–C) groups is 1. The van der Waals surface area contributed by atoms with Crippen molar-refractivity contribution in [1.82, 2.24) is 0 Å². The minimum atomic E-state index is -0.544. The SMILES string of the molecule is C=CC1=C(/C(C)=C\C)C(CCc2cc(F)cc(F)c2)=NCC=C1C.CC. The highest BCUT2D eigenvalue weighted by Crippen LogP contribution is 2.27. The van der Waals surface area contributed by atoms with E-state index in [-0.39, 0.29) is 0 Å². The second kappa shape index (κ2) is 10.6. The van der Waals surface area contributed by atoms with E-state index in [1.54, 1.807) is 0 Å². The highest BCUT2D eigenvalue weighted by Gasteiger charge is 2.17. The van der Waals surface area contributed by atoms with E-state index in [0.717, 1.165) is 34.1 Å². The summed E-state index contributed by atoms with van der Waals surface area (Å²) in [7, 11) is 0. The van der Waals surface area contributed by atoms with E-state index >= 15 is 0 Å². The zero-order valence-corrected chi connectivity index (χ0v) is 16.5. The first-order chi connectivity index (χ1) is 12.5. The summed E-state index contributed by atoms with van der Waals surface area (Å²) in [5.41, 5.74) is 6.03. The lowest BCUT2D eigenvalue weighted by Gasteiger charge is -2.15. The Morgan fingerprint density at radius 3 is 2.31 bits per heavy atom. The molecule has 1 aliphatic rings. The lowest BCUT2D eigenvalue weighted by atomic mass is 9.90. The molecule has 2 rings (SSSR count). The highest BCUT2D eigenvalue weighted by molar-refractivity contribution is 6.06. The molecule has 0 bridgehead atoms. The fraction of sp³-hybridized carbons (Fsp3) is 0.348. The molecule has 26 heavy (non-hydrogen) atoms. The maximum absolute atomic E-state index is 13.4. The molecule has 0 saturated carbocycles. The molecule has 1 nitrogen and oxygen atoms in total. The maximum atomic E-state index is 13.4. The van der Waals surface area contributed by atoms with Crippen molar-refractivity contribution < 1.29 is 8.78 Å². The molecule has 0 aliphatic carbocycles. The van der Waals surface area contributed by atoms with Crippen molar-refractivity contribution in [3.8, 4) is 0 Å². The minimum absolute atomic E-state index is 0.539. The monoisotopic (exact) mass is 357 g/mol. The van der Waals surface area contributed by atoms with Gasteiger partial charge in [-0.2, -0.15) is 0 Å². The summed E-state index contributed by atoms with van der Waals surface area (Å²) in [6.45, 7) is 14.6. The van der Waals surface area contributed by atoms with Crippen LogP contribution in [0, 0.1) is 11.6 Å². The van der Waals surface area contributed by atoms with Gasteiger partial charge in [-0.05, 0) is 68.0 Å². The van der Waals surface area contributed by atoms with Crippen LogP contribution in [0.15, 0.2) is 70.3 Å². The zero-order valence-electron chi connectivity index (χ0n) is 16.5. The van der Waals surface area contributed by atoms with Gasteiger partial charge in [-0.1, -0.05) is 38.7 Å². The van der Waals surface area contributed by atoms with Crippen molar-refractivity contribution in [3.05, 3.63) is 82.5 Å². The predicted octanol–water partition coefficient (Wildman–Crippen LogP) is 6.77. The zero-order chi connectivity index (χ0) is 19.7. The lowest BCUT2D eigenvalue weighted by Crippen LogP contribution is -2.09. The molecule has 0 spiro atoms. The van der Waals surface area contributed by atoms with Crippen LogP contribution < -0.4 is 0 Å². The van der Waals surface area contributed by atoms with Crippen LogP contribution >= 0.6 is 0 Å². The first-order valence-corrected chi connectivity index (χ1v) is 9.12. The van der Waals surface area contributed by atoms with Crippen LogP contribution in [-0.4, -0.2) is 12.3 Å². The van der Waals surface area contributed by atoms with Gasteiger partial charge in [-0.15, -0.1) is 0 Å². The number of aryl methyl sites for hydroxylation is 1. The number of nitrogens with zero attached hydrogens (tertiary/aromatic N) is 1. The summed E-state index contributed by atoms with van der Waals surface area (Å²) in [5.74, 6) is -1.09. The Labute approximate surface area is 156 Å². The molecular formula is C23H29F2N. The third-order valence-corrected chi connectivity index (χ3v) is 4.27. The van der Waals surface area contributed by atoms with Gasteiger partial charge in [0.1, 0.15) is 11.6 Å². The van der Waals surface area contributed by atoms with Gasteiger partial charge in [0.15, 0.2) is 0 Å². The number of allylic oxidation sites excluding steroid dienone is 6. The van der Waals surface area contributed by atoms with Gasteiger partial charge in [-0.25, -0.2) is 8.78 Å². The molecule has 3 heteroatoms. The van der Waals surface area contributed by atoms with Crippen LogP contribution in [0.3, 0.4) is 0 Å². The standard InChI is InChI=1S/C21H23F2N.C2H6/c1-5-14(3)21-19(6-2)15(4)9-10-24-20(21)8-7-16-11-17(22)13-18(23)12-16;1-2/h5-6,9,11-13H,2,7-8,10H2,1,3-4H3;1-2H3/b14-5-;. The van der Waals surface area contributed by atoms with E-state index in [0.29, 0.717) is 24.9 Å². The van der Waals surface area contributed by atoms with Crippen molar-refractivity contribution in [2.45, 2.75) is 47.5 Å². The minimum Gasteiger partial charge on any atom is -0.285 e. The smallest absolute Gasteiger partial charge is 0.126 e. The average Bonchev–Trinajstić information content (AvgIpc) is 2.78. The van der Waals surface area contributed by atoms with Crippen molar-refractivity contribution in [1.29, 1.82) is 0 Å². The molecule has 0 N–H and O–H groups in total. The van der Waals surface area contributed by atoms with Crippen LogP contribution in [-0.2, 0) is 6.42 Å². The molecule has 0 radical (unpaired) electrons. The van der Waals surface area contributed by atoms with E-state index in [9.17, 15) is 8.78 Å². The predicted molar refractivity (Wildman–Crippen MR) is 109 cm³/mol. The van der Waals surface area contributed by atoms with E-state index in [4.69, 9.17) is 0 Å². The third-order valence-electron chi connectivity index (χ3n) is 4.27. The van der Waals surface area contributed by atoms with Crippen LogP contribution in [0.1, 0.15) is 46.6 Å². The Morgan fingerprint density at radius 1 is 1.15 bits per heavy atom. The van der Waals surface area contributed by atoms with Crippen molar-refractivity contribution in [2.75, 3.05) is 6.54 Å². The number of hydrogen-bond donors (Lipinski definition) is 0. The molecule has 0 fully saturated rings. The quantitative estimate of drug-likeness (QED) is 0.551.